The van der Waals surface area contributed by atoms with E-state index in [2.05, 4.69) is 5.32 Å². The van der Waals surface area contributed by atoms with Crippen molar-refractivity contribution in [2.45, 2.75) is 43.4 Å². The molecule has 24 heavy (non-hydrogen) atoms. The summed E-state index contributed by atoms with van der Waals surface area (Å²) in [5.41, 5.74) is -0.0430. The number of carbonyl (C=O) groups excluding carboxylic acids is 2. The number of carbonyl (C=O) groups is 2. The summed E-state index contributed by atoms with van der Waals surface area (Å²) in [7, 11) is -4.71. The average molecular weight is 363 g/mol. The van der Waals surface area contributed by atoms with E-state index in [1.165, 1.54) is 0 Å². The fourth-order valence-corrected chi connectivity index (χ4v) is 2.58. The van der Waals surface area contributed by atoms with Crippen molar-refractivity contribution in [1.82, 2.24) is 5.32 Å². The fourth-order valence-electron chi connectivity index (χ4n) is 1.86. The van der Waals surface area contributed by atoms with Crippen molar-refractivity contribution in [3.63, 3.8) is 0 Å². The Morgan fingerprint density at radius 3 is 2.12 bits per heavy atom. The third-order valence-electron chi connectivity index (χ3n) is 3.34. The van der Waals surface area contributed by atoms with Gasteiger partial charge >= 0.3 is 11.7 Å². The average Bonchev–Trinajstić information content (AvgIpc) is 2.57. The Balaban J connectivity index is 2.65. The van der Waals surface area contributed by atoms with E-state index in [9.17, 15) is 26.8 Å². The first-order chi connectivity index (χ1) is 11.2. The molecule has 1 amide bonds. The Bertz CT molecular complexity index is 670. The summed E-state index contributed by atoms with van der Waals surface area (Å²) in [5.74, 6) is -4.84. The molecule has 0 unspecified atom stereocenters. The molecule has 0 bridgehead atoms. The smallest absolute Gasteiger partial charge is 0.341 e. The standard InChI is InChI=1S/C15H19F2NO5S/c1-3-11(4-2)18-13(19)9-23-14(20)10-5-7-12(8-6-10)24(21,22)15(16)17/h5-8,11,15H,3-4,9H2,1-2H3,(H,18,19). The second kappa shape index (κ2) is 8.72. The zero-order valence-corrected chi connectivity index (χ0v) is 14.1. The van der Waals surface area contributed by atoms with Crippen LogP contribution in [0.2, 0.25) is 0 Å². The maximum absolute atomic E-state index is 12.4. The van der Waals surface area contributed by atoms with Crippen LogP contribution in [0.15, 0.2) is 29.2 Å². The molecule has 6 nitrogen and oxygen atoms in total. The van der Waals surface area contributed by atoms with E-state index in [-0.39, 0.29) is 11.6 Å². The molecule has 134 valence electrons. The van der Waals surface area contributed by atoms with Crippen LogP contribution in [-0.4, -0.2) is 38.7 Å². The number of halogens is 2. The second-order valence-electron chi connectivity index (χ2n) is 4.99. The van der Waals surface area contributed by atoms with Crippen molar-refractivity contribution in [2.75, 3.05) is 6.61 Å². The zero-order chi connectivity index (χ0) is 18.3. The normalized spacial score (nSPS) is 11.6. The van der Waals surface area contributed by atoms with Gasteiger partial charge in [0.2, 0.25) is 9.84 Å². The number of alkyl halides is 2. The molecule has 1 aromatic rings. The highest BCUT2D eigenvalue weighted by Crippen LogP contribution is 2.18. The summed E-state index contributed by atoms with van der Waals surface area (Å²) < 4.78 is 52.2. The summed E-state index contributed by atoms with van der Waals surface area (Å²) in [6.45, 7) is 3.34. The predicted molar refractivity (Wildman–Crippen MR) is 82.4 cm³/mol. The molecule has 0 aliphatic carbocycles. The first-order valence-electron chi connectivity index (χ1n) is 7.30. The molecule has 0 aliphatic heterocycles. The molecule has 1 aromatic carbocycles. The molecule has 0 saturated carbocycles. The van der Waals surface area contributed by atoms with Crippen LogP contribution >= 0.6 is 0 Å². The molecular weight excluding hydrogens is 344 g/mol. The van der Waals surface area contributed by atoms with Gasteiger partial charge in [0, 0.05) is 6.04 Å². The number of amides is 1. The van der Waals surface area contributed by atoms with Gasteiger partial charge in [-0.05, 0) is 37.1 Å². The van der Waals surface area contributed by atoms with Crippen LogP contribution in [0.4, 0.5) is 8.78 Å². The van der Waals surface area contributed by atoms with Gasteiger partial charge in [0.25, 0.3) is 5.91 Å². The zero-order valence-electron chi connectivity index (χ0n) is 13.3. The van der Waals surface area contributed by atoms with Gasteiger partial charge in [-0.3, -0.25) is 4.79 Å². The number of benzene rings is 1. The van der Waals surface area contributed by atoms with Crippen LogP contribution in [-0.2, 0) is 19.4 Å². The molecule has 0 heterocycles. The van der Waals surface area contributed by atoms with Crippen LogP contribution in [0.3, 0.4) is 0 Å². The number of rotatable bonds is 8. The minimum atomic E-state index is -4.71. The van der Waals surface area contributed by atoms with Crippen molar-refractivity contribution in [2.24, 2.45) is 0 Å². The van der Waals surface area contributed by atoms with Crippen LogP contribution in [0.5, 0.6) is 0 Å². The van der Waals surface area contributed by atoms with Gasteiger partial charge in [-0.15, -0.1) is 0 Å². The molecular formula is C15H19F2NO5S. The van der Waals surface area contributed by atoms with Crippen molar-refractivity contribution in [3.05, 3.63) is 29.8 Å². The minimum absolute atomic E-state index is 0.00459. The Morgan fingerprint density at radius 2 is 1.67 bits per heavy atom. The van der Waals surface area contributed by atoms with Gasteiger partial charge < -0.3 is 10.1 Å². The van der Waals surface area contributed by atoms with Gasteiger partial charge in [0.05, 0.1) is 10.5 Å². The van der Waals surface area contributed by atoms with Crippen LogP contribution in [0, 0.1) is 0 Å². The number of nitrogens with one attached hydrogen (secondary N) is 1. The maximum atomic E-state index is 12.4. The summed E-state index contributed by atoms with van der Waals surface area (Å²) in [4.78, 5) is 22.8. The summed E-state index contributed by atoms with van der Waals surface area (Å²) >= 11 is 0. The lowest BCUT2D eigenvalue weighted by Gasteiger charge is -2.14. The largest absolute Gasteiger partial charge is 0.452 e. The van der Waals surface area contributed by atoms with E-state index in [0.29, 0.717) is 0 Å². The van der Waals surface area contributed by atoms with E-state index in [4.69, 9.17) is 4.74 Å². The molecule has 0 fully saturated rings. The Morgan fingerprint density at radius 1 is 1.12 bits per heavy atom. The number of ether oxygens (including phenoxy) is 1. The number of esters is 1. The van der Waals surface area contributed by atoms with E-state index < -0.39 is 39.0 Å². The molecule has 1 N–H and O–H groups in total. The van der Waals surface area contributed by atoms with E-state index >= 15 is 0 Å². The molecule has 0 spiro atoms. The lowest BCUT2D eigenvalue weighted by atomic mass is 10.2. The molecule has 0 saturated heterocycles. The summed E-state index contributed by atoms with van der Waals surface area (Å²) in [5, 5.41) is 2.69. The Kier molecular flexibility index (Phi) is 7.27. The van der Waals surface area contributed by atoms with Gasteiger partial charge in [0.1, 0.15) is 0 Å². The van der Waals surface area contributed by atoms with Crippen LogP contribution in [0.1, 0.15) is 37.0 Å². The highest BCUT2D eigenvalue weighted by atomic mass is 32.2. The third kappa shape index (κ3) is 5.26. The van der Waals surface area contributed by atoms with Crippen LogP contribution < -0.4 is 5.32 Å². The van der Waals surface area contributed by atoms with Gasteiger partial charge in [0.15, 0.2) is 6.61 Å². The summed E-state index contributed by atoms with van der Waals surface area (Å²) in [6, 6.07) is 3.88. The molecule has 0 radical (unpaired) electrons. The molecule has 9 heteroatoms. The van der Waals surface area contributed by atoms with Crippen molar-refractivity contribution in [3.8, 4) is 0 Å². The fraction of sp³-hybridized carbons (Fsp3) is 0.467. The van der Waals surface area contributed by atoms with E-state index in [1.807, 2.05) is 13.8 Å². The van der Waals surface area contributed by atoms with E-state index in [0.717, 1.165) is 37.1 Å². The Hall–Kier alpha value is -2.03. The third-order valence-corrected chi connectivity index (χ3v) is 4.74. The van der Waals surface area contributed by atoms with Gasteiger partial charge in [-0.1, -0.05) is 13.8 Å². The van der Waals surface area contributed by atoms with Crippen molar-refractivity contribution >= 4 is 21.7 Å². The summed E-state index contributed by atoms with van der Waals surface area (Å²) in [6.07, 6.45) is 1.49. The first-order valence-corrected chi connectivity index (χ1v) is 8.85. The van der Waals surface area contributed by atoms with Crippen molar-refractivity contribution in [1.29, 1.82) is 0 Å². The number of hydrogen-bond acceptors (Lipinski definition) is 5. The number of hydrogen-bond donors (Lipinski definition) is 1. The molecule has 1 rings (SSSR count). The maximum Gasteiger partial charge on any atom is 0.341 e. The topological polar surface area (TPSA) is 89.5 Å². The van der Waals surface area contributed by atoms with Gasteiger partial charge in [-0.2, -0.15) is 8.78 Å². The minimum Gasteiger partial charge on any atom is -0.452 e. The molecule has 0 atom stereocenters. The highest BCUT2D eigenvalue weighted by Gasteiger charge is 2.26. The monoisotopic (exact) mass is 363 g/mol. The highest BCUT2D eigenvalue weighted by molar-refractivity contribution is 7.91. The quantitative estimate of drug-likeness (QED) is 0.715. The SMILES string of the molecule is CCC(CC)NC(=O)COC(=O)c1ccc(S(=O)(=O)C(F)F)cc1. The molecule has 0 aliphatic rings. The molecule has 0 aromatic heterocycles. The van der Waals surface area contributed by atoms with Crippen LogP contribution in [0.25, 0.3) is 0 Å². The number of sulfone groups is 1. The second-order valence-corrected chi connectivity index (χ2v) is 6.90. The first kappa shape index (κ1) is 20.0. The lowest BCUT2D eigenvalue weighted by Crippen LogP contribution is -2.36. The van der Waals surface area contributed by atoms with Gasteiger partial charge in [-0.25, -0.2) is 13.2 Å². The lowest BCUT2D eigenvalue weighted by molar-refractivity contribution is -0.125. The van der Waals surface area contributed by atoms with Crippen molar-refractivity contribution < 1.29 is 31.5 Å². The van der Waals surface area contributed by atoms with E-state index in [1.54, 1.807) is 0 Å². The predicted octanol–water partition coefficient (Wildman–Crippen LogP) is 2.14. The Labute approximate surface area is 139 Å².